The van der Waals surface area contributed by atoms with Crippen molar-refractivity contribution in [2.75, 3.05) is 11.9 Å². The molecular weight excluding hydrogens is 298 g/mol. The van der Waals surface area contributed by atoms with E-state index in [0.717, 1.165) is 18.3 Å². The van der Waals surface area contributed by atoms with E-state index in [0.29, 0.717) is 0 Å². The summed E-state index contributed by atoms with van der Waals surface area (Å²) >= 11 is 0. The number of esters is 1. The third-order valence-corrected chi connectivity index (χ3v) is 2.29. The molecule has 0 unspecified atom stereocenters. The molecule has 0 aliphatic carbocycles. The first-order valence-electron chi connectivity index (χ1n) is 6.58. The number of aromatic nitrogens is 1. The Kier molecular flexibility index (Phi) is 5.40. The van der Waals surface area contributed by atoms with Crippen LogP contribution in [0.25, 0.3) is 0 Å². The molecule has 1 N–H and O–H groups in total. The van der Waals surface area contributed by atoms with Crippen LogP contribution in [-0.4, -0.2) is 29.3 Å². The Morgan fingerprint density at radius 3 is 2.36 bits per heavy atom. The summed E-state index contributed by atoms with van der Waals surface area (Å²) in [6, 6.07) is 2.13. The Balaban J connectivity index is 2.78. The van der Waals surface area contributed by atoms with Crippen LogP contribution in [0, 0.1) is 0 Å². The van der Waals surface area contributed by atoms with Crippen molar-refractivity contribution < 1.29 is 27.8 Å². The lowest BCUT2D eigenvalue weighted by atomic mass is 10.1. The molecule has 8 heteroatoms. The number of nitrogens with one attached hydrogen (secondary N) is 1. The topological polar surface area (TPSA) is 77.5 Å². The van der Waals surface area contributed by atoms with Crippen LogP contribution < -0.4 is 5.32 Å². The molecule has 0 spiro atoms. The lowest BCUT2D eigenvalue weighted by Gasteiger charge is -2.19. The van der Waals surface area contributed by atoms with Gasteiger partial charge in [0.05, 0.1) is 12.2 Å². The summed E-state index contributed by atoms with van der Waals surface area (Å²) in [5.41, 5.74) is -1.32. The van der Waals surface area contributed by atoms with E-state index < -0.39 is 29.1 Å². The second-order valence-corrected chi connectivity index (χ2v) is 5.35. The molecule has 0 fully saturated rings. The summed E-state index contributed by atoms with van der Waals surface area (Å²) in [7, 11) is 0. The van der Waals surface area contributed by atoms with E-state index in [1.165, 1.54) is 6.92 Å². The van der Waals surface area contributed by atoms with Crippen LogP contribution in [0.1, 0.15) is 33.3 Å². The van der Waals surface area contributed by atoms with Gasteiger partial charge < -0.3 is 9.47 Å². The summed E-state index contributed by atoms with van der Waals surface area (Å²) in [5, 5.41) is 2.30. The SMILES string of the molecule is CCOC(=O)C(F)(F)c1ccc(NC(=O)OC(C)(C)C)nc1. The largest absolute Gasteiger partial charge is 0.461 e. The summed E-state index contributed by atoms with van der Waals surface area (Å²) in [6.45, 7) is 6.33. The molecule has 22 heavy (non-hydrogen) atoms. The molecule has 122 valence electrons. The average molecular weight is 316 g/mol. The molecule has 6 nitrogen and oxygen atoms in total. The first-order chi connectivity index (χ1) is 10.1. The zero-order chi connectivity index (χ0) is 17.0. The number of anilines is 1. The van der Waals surface area contributed by atoms with Gasteiger partial charge in [0, 0.05) is 6.20 Å². The molecule has 0 bridgehead atoms. The van der Waals surface area contributed by atoms with Crippen LogP contribution in [0.5, 0.6) is 0 Å². The maximum Gasteiger partial charge on any atom is 0.413 e. The van der Waals surface area contributed by atoms with E-state index in [9.17, 15) is 18.4 Å². The maximum atomic E-state index is 13.7. The lowest BCUT2D eigenvalue weighted by Crippen LogP contribution is -2.29. The Morgan fingerprint density at radius 2 is 1.91 bits per heavy atom. The summed E-state index contributed by atoms with van der Waals surface area (Å²) in [5.74, 6) is -5.42. The zero-order valence-electron chi connectivity index (χ0n) is 12.8. The highest BCUT2D eigenvalue weighted by Gasteiger charge is 2.43. The van der Waals surface area contributed by atoms with Crippen LogP contribution in [0.4, 0.5) is 19.4 Å². The second kappa shape index (κ2) is 6.67. The minimum Gasteiger partial charge on any atom is -0.461 e. The van der Waals surface area contributed by atoms with Crippen LogP contribution in [0.15, 0.2) is 18.3 Å². The molecule has 1 aromatic heterocycles. The highest BCUT2D eigenvalue weighted by atomic mass is 19.3. The molecule has 0 aromatic carbocycles. The smallest absolute Gasteiger partial charge is 0.413 e. The number of amides is 1. The summed E-state index contributed by atoms with van der Waals surface area (Å²) in [6.07, 6.45) is 0.0359. The van der Waals surface area contributed by atoms with Crippen LogP contribution >= 0.6 is 0 Å². The van der Waals surface area contributed by atoms with E-state index in [1.807, 2.05) is 0 Å². The maximum absolute atomic E-state index is 13.7. The number of ether oxygens (including phenoxy) is 2. The van der Waals surface area contributed by atoms with Gasteiger partial charge in [-0.15, -0.1) is 0 Å². The first-order valence-corrected chi connectivity index (χ1v) is 6.58. The highest BCUT2D eigenvalue weighted by Crippen LogP contribution is 2.29. The van der Waals surface area contributed by atoms with Gasteiger partial charge in [0.2, 0.25) is 0 Å². The van der Waals surface area contributed by atoms with Gasteiger partial charge in [-0.2, -0.15) is 8.78 Å². The zero-order valence-corrected chi connectivity index (χ0v) is 12.8. The van der Waals surface area contributed by atoms with Crippen molar-refractivity contribution >= 4 is 17.9 Å². The minimum atomic E-state index is -3.80. The molecule has 0 aliphatic heterocycles. The average Bonchev–Trinajstić information content (AvgIpc) is 2.37. The Morgan fingerprint density at radius 1 is 1.27 bits per heavy atom. The van der Waals surface area contributed by atoms with Gasteiger partial charge in [-0.3, -0.25) is 5.32 Å². The van der Waals surface area contributed by atoms with Gasteiger partial charge in [0.25, 0.3) is 0 Å². The monoisotopic (exact) mass is 316 g/mol. The number of nitrogens with zero attached hydrogens (tertiary/aromatic N) is 1. The molecule has 1 amide bonds. The molecular formula is C14H18F2N2O4. The van der Waals surface area contributed by atoms with Gasteiger partial charge in [-0.05, 0) is 39.8 Å². The molecule has 1 heterocycles. The fourth-order valence-electron chi connectivity index (χ4n) is 1.40. The van der Waals surface area contributed by atoms with E-state index in [4.69, 9.17) is 4.74 Å². The predicted molar refractivity (Wildman–Crippen MR) is 74.6 cm³/mol. The van der Waals surface area contributed by atoms with Crippen molar-refractivity contribution in [3.05, 3.63) is 23.9 Å². The molecule has 0 saturated carbocycles. The number of hydrogen-bond donors (Lipinski definition) is 1. The Labute approximate surface area is 126 Å². The number of carbonyl (C=O) groups excluding carboxylic acids is 2. The van der Waals surface area contributed by atoms with E-state index in [2.05, 4.69) is 15.0 Å². The van der Waals surface area contributed by atoms with Gasteiger partial charge in [-0.25, -0.2) is 14.6 Å². The predicted octanol–water partition coefficient (Wildman–Crippen LogP) is 3.08. The Hall–Kier alpha value is -2.25. The van der Waals surface area contributed by atoms with Crippen molar-refractivity contribution in [2.24, 2.45) is 0 Å². The number of hydrogen-bond acceptors (Lipinski definition) is 5. The standard InChI is InChI=1S/C14H18F2N2O4/c1-5-21-11(19)14(15,16)9-6-7-10(17-8-9)18-12(20)22-13(2,3)4/h6-8H,5H2,1-4H3,(H,17,18,20). The van der Waals surface area contributed by atoms with Crippen LogP contribution in [0.3, 0.4) is 0 Å². The molecule has 0 aliphatic rings. The van der Waals surface area contributed by atoms with Crippen molar-refractivity contribution in [3.63, 3.8) is 0 Å². The van der Waals surface area contributed by atoms with E-state index >= 15 is 0 Å². The number of alkyl halides is 2. The summed E-state index contributed by atoms with van der Waals surface area (Å²) in [4.78, 5) is 26.4. The van der Waals surface area contributed by atoms with Crippen LogP contribution in [-0.2, 0) is 20.2 Å². The fourth-order valence-corrected chi connectivity index (χ4v) is 1.40. The van der Waals surface area contributed by atoms with Crippen molar-refractivity contribution in [3.8, 4) is 0 Å². The van der Waals surface area contributed by atoms with Gasteiger partial charge >= 0.3 is 18.0 Å². The van der Waals surface area contributed by atoms with Crippen molar-refractivity contribution in [2.45, 2.75) is 39.2 Å². The fraction of sp³-hybridized carbons (Fsp3) is 0.500. The molecule has 0 saturated heterocycles. The number of pyridine rings is 1. The molecule has 0 atom stereocenters. The lowest BCUT2D eigenvalue weighted by molar-refractivity contribution is -0.173. The van der Waals surface area contributed by atoms with Crippen molar-refractivity contribution in [1.82, 2.24) is 4.98 Å². The Bertz CT molecular complexity index is 539. The van der Waals surface area contributed by atoms with Gasteiger partial charge in [0.15, 0.2) is 0 Å². The van der Waals surface area contributed by atoms with E-state index in [-0.39, 0.29) is 12.4 Å². The number of carbonyl (C=O) groups is 2. The highest BCUT2D eigenvalue weighted by molar-refractivity contribution is 5.84. The molecule has 1 aromatic rings. The second-order valence-electron chi connectivity index (χ2n) is 5.35. The third-order valence-electron chi connectivity index (χ3n) is 2.29. The third kappa shape index (κ3) is 4.94. The van der Waals surface area contributed by atoms with E-state index in [1.54, 1.807) is 20.8 Å². The van der Waals surface area contributed by atoms with Crippen molar-refractivity contribution in [1.29, 1.82) is 0 Å². The van der Waals surface area contributed by atoms with Gasteiger partial charge in [0.1, 0.15) is 11.4 Å². The number of halogens is 2. The summed E-state index contributed by atoms with van der Waals surface area (Å²) < 4.78 is 36.8. The molecule has 0 radical (unpaired) electrons. The quantitative estimate of drug-likeness (QED) is 0.864. The normalized spacial score (nSPS) is 11.7. The first kappa shape index (κ1) is 17.8. The minimum absolute atomic E-state index is 0.0256. The van der Waals surface area contributed by atoms with Crippen LogP contribution in [0.2, 0.25) is 0 Å². The number of rotatable bonds is 4. The van der Waals surface area contributed by atoms with Gasteiger partial charge in [-0.1, -0.05) is 0 Å². The molecule has 1 rings (SSSR count).